The van der Waals surface area contributed by atoms with Crippen LogP contribution in [0.4, 0.5) is 0 Å². The number of nitrogens with one attached hydrogen (secondary N) is 2. The maximum atomic E-state index is 12.5. The molecule has 0 spiro atoms. The topological polar surface area (TPSA) is 103 Å². The summed E-state index contributed by atoms with van der Waals surface area (Å²) in [6, 6.07) is 11.8. The summed E-state index contributed by atoms with van der Waals surface area (Å²) in [7, 11) is 0. The molecule has 194 valence electrons. The fourth-order valence-electron chi connectivity index (χ4n) is 4.04. The second kappa shape index (κ2) is 13.7. The van der Waals surface area contributed by atoms with Crippen molar-refractivity contribution < 1.29 is 28.6 Å². The fraction of sp³-hybridized carbons (Fsp3) is 0.444. The number of ether oxygens (including phenoxy) is 3. The molecule has 2 amide bonds. The zero-order valence-electron chi connectivity index (χ0n) is 20.7. The zero-order chi connectivity index (χ0) is 25.9. The maximum Gasteiger partial charge on any atom is 0.308 e. The van der Waals surface area contributed by atoms with E-state index in [0.29, 0.717) is 35.8 Å². The predicted octanol–water partition coefficient (Wildman–Crippen LogP) is 4.40. The lowest BCUT2D eigenvalue weighted by molar-refractivity contribution is -0.149. The van der Waals surface area contributed by atoms with Crippen LogP contribution >= 0.6 is 11.6 Å². The standard InChI is InChI=1S/C27H33ClN2O6/c1-3-34-20-9-5-18(6-10-20)25(31)29-15-16-30-26(32)23-14-13-22(17-24(23)28)36-21-11-7-19(8-12-21)27(33)35-4-2/h5-6,9-10,13-14,17,19,21H,3-4,7-8,11-12,15-16H2,1-2H3,(H,29,31)(H,30,32). The van der Waals surface area contributed by atoms with Crippen LogP contribution in [0.5, 0.6) is 11.5 Å². The fourth-order valence-corrected chi connectivity index (χ4v) is 4.30. The smallest absolute Gasteiger partial charge is 0.308 e. The Morgan fingerprint density at radius 3 is 2.11 bits per heavy atom. The van der Waals surface area contributed by atoms with Crippen molar-refractivity contribution in [2.45, 2.75) is 45.6 Å². The first-order valence-corrected chi connectivity index (χ1v) is 12.7. The van der Waals surface area contributed by atoms with Gasteiger partial charge >= 0.3 is 5.97 Å². The van der Waals surface area contributed by atoms with Crippen molar-refractivity contribution in [3.8, 4) is 11.5 Å². The Balaban J connectivity index is 1.41. The van der Waals surface area contributed by atoms with E-state index < -0.39 is 0 Å². The van der Waals surface area contributed by atoms with E-state index in [9.17, 15) is 14.4 Å². The van der Waals surface area contributed by atoms with Crippen molar-refractivity contribution in [3.05, 3.63) is 58.6 Å². The Hall–Kier alpha value is -3.26. The van der Waals surface area contributed by atoms with E-state index in [1.165, 1.54) is 0 Å². The average Bonchev–Trinajstić information content (AvgIpc) is 2.87. The van der Waals surface area contributed by atoms with Gasteiger partial charge in [-0.25, -0.2) is 0 Å². The van der Waals surface area contributed by atoms with E-state index in [1.54, 1.807) is 42.5 Å². The monoisotopic (exact) mass is 516 g/mol. The van der Waals surface area contributed by atoms with Gasteiger partial charge in [-0.2, -0.15) is 0 Å². The van der Waals surface area contributed by atoms with Gasteiger partial charge in [0.15, 0.2) is 0 Å². The van der Waals surface area contributed by atoms with Crippen LogP contribution in [-0.2, 0) is 9.53 Å². The van der Waals surface area contributed by atoms with E-state index in [4.69, 9.17) is 25.8 Å². The Kier molecular flexibility index (Phi) is 10.4. The molecule has 1 aliphatic carbocycles. The molecule has 2 aromatic carbocycles. The van der Waals surface area contributed by atoms with E-state index in [1.807, 2.05) is 13.8 Å². The molecule has 2 aromatic rings. The van der Waals surface area contributed by atoms with Gasteiger partial charge in [0, 0.05) is 18.7 Å². The summed E-state index contributed by atoms with van der Waals surface area (Å²) in [4.78, 5) is 36.7. The van der Waals surface area contributed by atoms with Crippen LogP contribution in [-0.4, -0.2) is 50.2 Å². The van der Waals surface area contributed by atoms with Gasteiger partial charge < -0.3 is 24.8 Å². The number of halogens is 1. The highest BCUT2D eigenvalue weighted by Crippen LogP contribution is 2.30. The molecule has 0 bridgehead atoms. The highest BCUT2D eigenvalue weighted by Gasteiger charge is 2.28. The number of carbonyl (C=O) groups excluding carboxylic acids is 3. The van der Waals surface area contributed by atoms with Gasteiger partial charge in [0.25, 0.3) is 11.8 Å². The molecule has 2 N–H and O–H groups in total. The Labute approximate surface area is 216 Å². The van der Waals surface area contributed by atoms with Gasteiger partial charge in [0.1, 0.15) is 11.5 Å². The molecule has 0 aliphatic heterocycles. The van der Waals surface area contributed by atoms with Crippen molar-refractivity contribution in [1.29, 1.82) is 0 Å². The van der Waals surface area contributed by atoms with Crippen LogP contribution in [0.25, 0.3) is 0 Å². The zero-order valence-corrected chi connectivity index (χ0v) is 21.4. The van der Waals surface area contributed by atoms with Crippen LogP contribution in [0.2, 0.25) is 5.02 Å². The third-order valence-electron chi connectivity index (χ3n) is 5.91. The van der Waals surface area contributed by atoms with E-state index in [2.05, 4.69) is 10.6 Å². The van der Waals surface area contributed by atoms with E-state index in [-0.39, 0.29) is 47.9 Å². The molecule has 1 fully saturated rings. The molecule has 36 heavy (non-hydrogen) atoms. The number of rotatable bonds is 11. The van der Waals surface area contributed by atoms with E-state index >= 15 is 0 Å². The molecule has 9 heteroatoms. The molecular formula is C27H33ClN2O6. The molecule has 0 unspecified atom stereocenters. The third-order valence-corrected chi connectivity index (χ3v) is 6.22. The number of carbonyl (C=O) groups is 3. The summed E-state index contributed by atoms with van der Waals surface area (Å²) in [6.07, 6.45) is 2.96. The lowest BCUT2D eigenvalue weighted by Crippen LogP contribution is -2.34. The predicted molar refractivity (Wildman–Crippen MR) is 137 cm³/mol. The lowest BCUT2D eigenvalue weighted by Gasteiger charge is -2.27. The Bertz CT molecular complexity index is 1040. The van der Waals surface area contributed by atoms with Gasteiger partial charge in [-0.15, -0.1) is 0 Å². The normalized spacial score (nSPS) is 17.1. The molecule has 0 saturated heterocycles. The first kappa shape index (κ1) is 27.3. The van der Waals surface area contributed by atoms with Crippen molar-refractivity contribution >= 4 is 29.4 Å². The van der Waals surface area contributed by atoms with Crippen molar-refractivity contribution in [1.82, 2.24) is 10.6 Å². The van der Waals surface area contributed by atoms with Gasteiger partial charge in [-0.3, -0.25) is 14.4 Å². The number of hydrogen-bond acceptors (Lipinski definition) is 6. The maximum absolute atomic E-state index is 12.5. The summed E-state index contributed by atoms with van der Waals surface area (Å²) >= 11 is 6.34. The van der Waals surface area contributed by atoms with Gasteiger partial charge in [-0.1, -0.05) is 11.6 Å². The number of amides is 2. The molecule has 1 aliphatic rings. The minimum atomic E-state index is -0.336. The Morgan fingerprint density at radius 1 is 0.861 bits per heavy atom. The highest BCUT2D eigenvalue weighted by molar-refractivity contribution is 6.34. The molecule has 0 heterocycles. The second-order valence-electron chi connectivity index (χ2n) is 8.45. The first-order valence-electron chi connectivity index (χ1n) is 12.3. The van der Waals surface area contributed by atoms with Crippen molar-refractivity contribution in [2.75, 3.05) is 26.3 Å². The average molecular weight is 517 g/mol. The quantitative estimate of drug-likeness (QED) is 0.339. The molecule has 1 saturated carbocycles. The second-order valence-corrected chi connectivity index (χ2v) is 8.86. The summed E-state index contributed by atoms with van der Waals surface area (Å²) in [5.74, 6) is 0.518. The molecule has 0 radical (unpaired) electrons. The minimum Gasteiger partial charge on any atom is -0.494 e. The Morgan fingerprint density at radius 2 is 1.50 bits per heavy atom. The molecule has 3 rings (SSSR count). The lowest BCUT2D eigenvalue weighted by atomic mass is 9.87. The SMILES string of the molecule is CCOC(=O)C1CCC(Oc2ccc(C(=O)NCCNC(=O)c3ccc(OCC)cc3)c(Cl)c2)CC1. The largest absolute Gasteiger partial charge is 0.494 e. The van der Waals surface area contributed by atoms with Crippen LogP contribution in [0, 0.1) is 5.92 Å². The highest BCUT2D eigenvalue weighted by atomic mass is 35.5. The van der Waals surface area contributed by atoms with Crippen molar-refractivity contribution in [2.24, 2.45) is 5.92 Å². The van der Waals surface area contributed by atoms with Gasteiger partial charge in [0.05, 0.1) is 35.8 Å². The first-order chi connectivity index (χ1) is 17.4. The van der Waals surface area contributed by atoms with Gasteiger partial charge in [-0.05, 0) is 82.0 Å². The van der Waals surface area contributed by atoms with Crippen LogP contribution in [0.15, 0.2) is 42.5 Å². The summed E-state index contributed by atoms with van der Waals surface area (Å²) in [5, 5.41) is 5.80. The minimum absolute atomic E-state index is 0.00888. The molecule has 8 nitrogen and oxygen atoms in total. The van der Waals surface area contributed by atoms with Gasteiger partial charge in [0.2, 0.25) is 0 Å². The summed E-state index contributed by atoms with van der Waals surface area (Å²) in [6.45, 7) is 5.18. The van der Waals surface area contributed by atoms with Crippen LogP contribution < -0.4 is 20.1 Å². The molecular weight excluding hydrogens is 484 g/mol. The van der Waals surface area contributed by atoms with Crippen molar-refractivity contribution in [3.63, 3.8) is 0 Å². The van der Waals surface area contributed by atoms with Crippen LogP contribution in [0.3, 0.4) is 0 Å². The third kappa shape index (κ3) is 7.88. The molecule has 0 aromatic heterocycles. The summed E-state index contributed by atoms with van der Waals surface area (Å²) < 4.78 is 16.5. The number of hydrogen-bond donors (Lipinski definition) is 2. The summed E-state index contributed by atoms with van der Waals surface area (Å²) in [5.41, 5.74) is 0.839. The van der Waals surface area contributed by atoms with Crippen LogP contribution in [0.1, 0.15) is 60.2 Å². The number of esters is 1. The number of benzene rings is 2. The molecule has 0 atom stereocenters. The van der Waals surface area contributed by atoms with E-state index in [0.717, 1.165) is 25.7 Å².